The smallest absolute Gasteiger partial charge is 0.341 e. The Morgan fingerprint density at radius 2 is 2.00 bits per heavy atom. The number of halogens is 2. The van der Waals surface area contributed by atoms with Crippen molar-refractivity contribution in [3.8, 4) is 0 Å². The predicted molar refractivity (Wildman–Crippen MR) is 107 cm³/mol. The second-order valence-electron chi connectivity index (χ2n) is 7.63. The quantitative estimate of drug-likeness (QED) is 0.673. The molecule has 2 aromatic rings. The predicted octanol–water partition coefficient (Wildman–Crippen LogP) is 2.73. The molecule has 4 rings (SSSR count). The number of pyridine rings is 1. The highest BCUT2D eigenvalue weighted by atomic mass is 35.5. The van der Waals surface area contributed by atoms with Gasteiger partial charge in [0.05, 0.1) is 27.3 Å². The molecule has 2 fully saturated rings. The molecule has 2 heterocycles. The summed E-state index contributed by atoms with van der Waals surface area (Å²) >= 11 is 6.65. The second kappa shape index (κ2) is 6.93. The van der Waals surface area contributed by atoms with Crippen LogP contribution in [0.25, 0.3) is 10.9 Å². The summed E-state index contributed by atoms with van der Waals surface area (Å²) in [6.45, 7) is 1.01. The summed E-state index contributed by atoms with van der Waals surface area (Å²) < 4.78 is 17.0. The fourth-order valence-electron chi connectivity index (χ4n) is 4.00. The van der Waals surface area contributed by atoms with Crippen LogP contribution in [0.15, 0.2) is 11.0 Å². The topological polar surface area (TPSA) is 115 Å². The van der Waals surface area contributed by atoms with Gasteiger partial charge in [-0.2, -0.15) is 0 Å². The average molecular weight is 409 g/mol. The normalized spacial score (nSPS) is 20.4. The molecule has 9 heteroatoms. The third-order valence-electron chi connectivity index (χ3n) is 5.56. The molecule has 1 aliphatic carbocycles. The van der Waals surface area contributed by atoms with Gasteiger partial charge in [0.2, 0.25) is 5.43 Å². The van der Waals surface area contributed by atoms with E-state index in [-0.39, 0.29) is 33.9 Å². The number of carboxylic acid groups (broad SMARTS) is 1. The van der Waals surface area contributed by atoms with Gasteiger partial charge in [0.25, 0.3) is 0 Å². The van der Waals surface area contributed by atoms with Gasteiger partial charge < -0.3 is 26.0 Å². The van der Waals surface area contributed by atoms with E-state index in [2.05, 4.69) is 0 Å². The number of benzene rings is 1. The molecule has 0 radical (unpaired) electrons. The molecule has 5 N–H and O–H groups in total. The van der Waals surface area contributed by atoms with Gasteiger partial charge in [-0.05, 0) is 25.7 Å². The first-order valence-electron chi connectivity index (χ1n) is 9.40. The molecule has 0 bridgehead atoms. The van der Waals surface area contributed by atoms with E-state index in [4.69, 9.17) is 23.1 Å². The standard InChI is InChI=1S/C19H22ClFN4O3/c20-13-16-12(18(26)11(19(27)28)8-25(16)10-4-5-10)15(23)14(21)17(13)24-6-2-1-3-9(22)7-24/h8-10H,1-7,22-23H2,(H,27,28). The maximum atomic E-state index is 15.3. The van der Waals surface area contributed by atoms with Crippen molar-refractivity contribution in [3.63, 3.8) is 0 Å². The molecule has 28 heavy (non-hydrogen) atoms. The van der Waals surface area contributed by atoms with Crippen LogP contribution in [0.4, 0.5) is 15.8 Å². The third kappa shape index (κ3) is 3.00. The van der Waals surface area contributed by atoms with Crippen LogP contribution in [-0.4, -0.2) is 34.8 Å². The Morgan fingerprint density at radius 3 is 2.64 bits per heavy atom. The van der Waals surface area contributed by atoms with Gasteiger partial charge in [0.15, 0.2) is 5.82 Å². The van der Waals surface area contributed by atoms with E-state index in [0.717, 1.165) is 32.1 Å². The van der Waals surface area contributed by atoms with Gasteiger partial charge in [0, 0.05) is 31.4 Å². The first-order valence-corrected chi connectivity index (χ1v) is 9.78. The van der Waals surface area contributed by atoms with Crippen molar-refractivity contribution in [3.05, 3.63) is 32.8 Å². The van der Waals surface area contributed by atoms with E-state index in [1.165, 1.54) is 6.20 Å². The lowest BCUT2D eigenvalue weighted by Crippen LogP contribution is -2.36. The summed E-state index contributed by atoms with van der Waals surface area (Å²) in [6, 6.07) is -0.0994. The highest BCUT2D eigenvalue weighted by Gasteiger charge is 2.32. The van der Waals surface area contributed by atoms with Crippen molar-refractivity contribution in [1.29, 1.82) is 0 Å². The Hall–Kier alpha value is -2.32. The number of rotatable bonds is 3. The van der Waals surface area contributed by atoms with E-state index < -0.39 is 22.8 Å². The molecule has 1 aromatic heterocycles. The molecular formula is C19H22ClFN4O3. The molecule has 7 nitrogen and oxygen atoms in total. The Morgan fingerprint density at radius 1 is 1.29 bits per heavy atom. The molecule has 1 aliphatic heterocycles. The fourth-order valence-corrected chi connectivity index (χ4v) is 4.40. The minimum atomic E-state index is -1.38. The minimum absolute atomic E-state index is 0.0165. The van der Waals surface area contributed by atoms with Crippen molar-refractivity contribution in [2.24, 2.45) is 5.73 Å². The summed E-state index contributed by atoms with van der Waals surface area (Å²) in [7, 11) is 0. The number of aromatic nitrogens is 1. The fraction of sp³-hybridized carbons (Fsp3) is 0.474. The van der Waals surface area contributed by atoms with Crippen molar-refractivity contribution >= 4 is 39.8 Å². The number of anilines is 2. The minimum Gasteiger partial charge on any atom is -0.477 e. The van der Waals surface area contributed by atoms with E-state index in [0.29, 0.717) is 18.6 Å². The second-order valence-corrected chi connectivity index (χ2v) is 8.01. The summed E-state index contributed by atoms with van der Waals surface area (Å²) in [5, 5.41) is 9.31. The molecule has 1 aromatic carbocycles. The maximum Gasteiger partial charge on any atom is 0.341 e. The molecule has 1 saturated heterocycles. The molecule has 2 aliphatic rings. The lowest BCUT2D eigenvalue weighted by Gasteiger charge is -2.28. The molecule has 150 valence electrons. The summed E-state index contributed by atoms with van der Waals surface area (Å²) in [4.78, 5) is 26.1. The number of nitrogens with two attached hydrogens (primary N) is 2. The number of hydrogen-bond donors (Lipinski definition) is 3. The van der Waals surface area contributed by atoms with E-state index in [1.54, 1.807) is 9.47 Å². The van der Waals surface area contributed by atoms with Gasteiger partial charge in [-0.1, -0.05) is 18.0 Å². The zero-order valence-corrected chi connectivity index (χ0v) is 16.0. The Labute approximate surface area is 165 Å². The van der Waals surface area contributed by atoms with Crippen LogP contribution in [0.1, 0.15) is 48.5 Å². The SMILES string of the molecule is Nc1c(F)c(N2CCCCC(N)C2)c(Cl)c2c1c(=O)c(C(=O)O)cn2C1CC1. The van der Waals surface area contributed by atoms with Crippen LogP contribution < -0.4 is 21.8 Å². The number of hydrogen-bond acceptors (Lipinski definition) is 5. The third-order valence-corrected chi connectivity index (χ3v) is 5.92. The van der Waals surface area contributed by atoms with Crippen LogP contribution in [0.2, 0.25) is 5.02 Å². The lowest BCUT2D eigenvalue weighted by molar-refractivity contribution is 0.0695. The maximum absolute atomic E-state index is 15.3. The number of carbonyl (C=O) groups is 1. The molecule has 1 saturated carbocycles. The van der Waals surface area contributed by atoms with E-state index >= 15 is 4.39 Å². The van der Waals surface area contributed by atoms with Gasteiger partial charge in [-0.15, -0.1) is 0 Å². The van der Waals surface area contributed by atoms with Crippen LogP contribution in [0.3, 0.4) is 0 Å². The lowest BCUT2D eigenvalue weighted by atomic mass is 10.1. The first-order chi connectivity index (χ1) is 13.3. The van der Waals surface area contributed by atoms with Crippen LogP contribution >= 0.6 is 11.6 Å². The van der Waals surface area contributed by atoms with Crippen molar-refractivity contribution in [2.75, 3.05) is 23.7 Å². The zero-order valence-electron chi connectivity index (χ0n) is 15.3. The van der Waals surface area contributed by atoms with Crippen LogP contribution in [-0.2, 0) is 0 Å². The molecule has 1 atom stereocenters. The highest BCUT2D eigenvalue weighted by Crippen LogP contribution is 2.44. The summed E-state index contributed by atoms with van der Waals surface area (Å²) in [6.07, 6.45) is 5.58. The number of carboxylic acids is 1. The largest absolute Gasteiger partial charge is 0.477 e. The van der Waals surface area contributed by atoms with Crippen LogP contribution in [0.5, 0.6) is 0 Å². The van der Waals surface area contributed by atoms with Gasteiger partial charge in [-0.25, -0.2) is 9.18 Å². The van der Waals surface area contributed by atoms with Crippen LogP contribution in [0, 0.1) is 5.82 Å². The number of nitrogen functional groups attached to an aromatic ring is 1. The van der Waals surface area contributed by atoms with Crippen molar-refractivity contribution in [2.45, 2.75) is 44.2 Å². The van der Waals surface area contributed by atoms with E-state index in [9.17, 15) is 14.7 Å². The number of nitrogens with zero attached hydrogens (tertiary/aromatic N) is 2. The summed E-state index contributed by atoms with van der Waals surface area (Å²) in [5.41, 5.74) is 11.0. The molecule has 1 unspecified atom stereocenters. The van der Waals surface area contributed by atoms with Gasteiger partial charge >= 0.3 is 5.97 Å². The van der Waals surface area contributed by atoms with Crippen molar-refractivity contribution < 1.29 is 14.3 Å². The zero-order chi connectivity index (χ0) is 20.2. The summed E-state index contributed by atoms with van der Waals surface area (Å²) in [5.74, 6) is -2.17. The molecular weight excluding hydrogens is 387 g/mol. The Balaban J connectivity index is 2.04. The van der Waals surface area contributed by atoms with Crippen molar-refractivity contribution in [1.82, 2.24) is 4.57 Å². The molecule has 0 spiro atoms. The Kier molecular flexibility index (Phi) is 4.71. The van der Waals surface area contributed by atoms with E-state index in [1.807, 2.05) is 0 Å². The number of aromatic carboxylic acids is 1. The monoisotopic (exact) mass is 408 g/mol. The van der Waals surface area contributed by atoms with Gasteiger partial charge in [-0.3, -0.25) is 4.79 Å². The average Bonchev–Trinajstić information content (AvgIpc) is 3.48. The highest BCUT2D eigenvalue weighted by molar-refractivity contribution is 6.38. The first kappa shape index (κ1) is 19.0. The molecule has 0 amide bonds. The Bertz CT molecular complexity index is 1030. The van der Waals surface area contributed by atoms with Gasteiger partial charge in [0.1, 0.15) is 5.56 Å². The number of fused-ring (bicyclic) bond motifs is 1.